The summed E-state index contributed by atoms with van der Waals surface area (Å²) in [4.78, 5) is 0. The molecule has 0 rings (SSSR count). The first-order valence-corrected chi connectivity index (χ1v) is 23.1. The van der Waals surface area contributed by atoms with Gasteiger partial charge in [-0.15, -0.1) is 0 Å². The Morgan fingerprint density at radius 1 is 0.421 bits per heavy atom. The molecule has 0 atom stereocenters. The SMILES string of the molecule is C[Si](C)(C)N([Te]N([Si](C)(C)C)[Si](C)(C)C)[Si](C)(C)C. The van der Waals surface area contributed by atoms with Gasteiger partial charge in [-0.1, -0.05) is 0 Å². The monoisotopic (exact) mass is 450 g/mol. The molecule has 0 heterocycles. The first-order valence-electron chi connectivity index (χ1n) is 7.26. The molecule has 0 aliphatic carbocycles. The summed E-state index contributed by atoms with van der Waals surface area (Å²) < 4.78 is 6.14. The molecule has 0 saturated carbocycles. The van der Waals surface area contributed by atoms with Crippen LogP contribution in [-0.4, -0.2) is 59.4 Å². The topological polar surface area (TPSA) is 6.48 Å². The van der Waals surface area contributed by atoms with Crippen molar-refractivity contribution in [2.75, 3.05) is 0 Å². The van der Waals surface area contributed by atoms with Crippen molar-refractivity contribution in [2.24, 2.45) is 0 Å². The fourth-order valence-corrected chi connectivity index (χ4v) is 32.9. The summed E-state index contributed by atoms with van der Waals surface area (Å²) in [7, 11) is -4.75. The number of hydrogen-bond donors (Lipinski definition) is 0. The summed E-state index contributed by atoms with van der Waals surface area (Å²) in [6, 6.07) is 0. The van der Waals surface area contributed by atoms with E-state index >= 15 is 0 Å². The summed E-state index contributed by atoms with van der Waals surface area (Å²) in [5.74, 6) is 0. The zero-order valence-electron chi connectivity index (χ0n) is 15.3. The van der Waals surface area contributed by atoms with Gasteiger partial charge in [-0.3, -0.25) is 0 Å². The number of rotatable bonds is 6. The minimum absolute atomic E-state index is 0.168. The Labute approximate surface area is 137 Å². The van der Waals surface area contributed by atoms with Crippen LogP contribution in [0.25, 0.3) is 0 Å². The molecule has 2 nitrogen and oxygen atoms in total. The van der Waals surface area contributed by atoms with Crippen molar-refractivity contribution in [1.82, 2.24) is 4.96 Å². The van der Waals surface area contributed by atoms with Gasteiger partial charge in [0.2, 0.25) is 0 Å². The fourth-order valence-electron chi connectivity index (χ4n) is 2.58. The molecule has 19 heavy (non-hydrogen) atoms. The van der Waals surface area contributed by atoms with Crippen LogP contribution >= 0.6 is 0 Å². The zero-order valence-corrected chi connectivity index (χ0v) is 21.6. The Morgan fingerprint density at radius 3 is 0.684 bits per heavy atom. The maximum absolute atomic E-state index is 3.07. The van der Waals surface area contributed by atoms with Crippen LogP contribution in [0.2, 0.25) is 78.6 Å². The standard InChI is InChI=1S/C12H36N2Si4Te/c1-15(2,3)13(16(4,5)6)19-14(17(7,8)9)18(10,11)12/h1-12H3. The Kier molecular flexibility index (Phi) is 6.89. The van der Waals surface area contributed by atoms with E-state index in [1.807, 2.05) is 0 Å². The quantitative estimate of drug-likeness (QED) is 0.554. The van der Waals surface area contributed by atoms with Crippen molar-refractivity contribution in [3.8, 4) is 0 Å². The molecule has 0 aromatic rings. The van der Waals surface area contributed by atoms with E-state index in [1.54, 1.807) is 0 Å². The molecule has 0 unspecified atom stereocenters. The molecule has 0 aromatic heterocycles. The van der Waals surface area contributed by atoms with Crippen LogP contribution in [0.15, 0.2) is 0 Å². The summed E-state index contributed by atoms with van der Waals surface area (Å²) in [6.07, 6.45) is 0. The third kappa shape index (κ3) is 6.91. The van der Waals surface area contributed by atoms with E-state index in [2.05, 4.69) is 83.5 Å². The van der Waals surface area contributed by atoms with E-state index in [9.17, 15) is 0 Å². The summed E-state index contributed by atoms with van der Waals surface area (Å²) in [5.41, 5.74) is 0. The van der Waals surface area contributed by atoms with Gasteiger partial charge in [0.05, 0.1) is 0 Å². The normalized spacial score (nSPS) is 15.5. The Hall–Kier alpha value is 1.58. The first-order chi connectivity index (χ1) is 7.97. The van der Waals surface area contributed by atoms with Gasteiger partial charge in [-0.2, -0.15) is 0 Å². The van der Waals surface area contributed by atoms with E-state index in [-0.39, 0.29) is 21.5 Å². The summed E-state index contributed by atoms with van der Waals surface area (Å²) in [5, 5.41) is 0. The Morgan fingerprint density at radius 2 is 0.579 bits per heavy atom. The summed E-state index contributed by atoms with van der Waals surface area (Å²) in [6.45, 7) is 30.5. The average Bonchev–Trinajstić information content (AvgIpc) is 1.91. The molecular weight excluding hydrogens is 412 g/mol. The molecule has 0 bridgehead atoms. The second kappa shape index (κ2) is 6.37. The van der Waals surface area contributed by atoms with E-state index in [0.717, 1.165) is 0 Å². The van der Waals surface area contributed by atoms with Crippen molar-refractivity contribution < 1.29 is 0 Å². The molecule has 0 N–H and O–H groups in total. The van der Waals surface area contributed by atoms with E-state index in [0.29, 0.717) is 0 Å². The number of nitrogens with zero attached hydrogens (tertiary/aromatic N) is 2. The second-order valence-corrected chi connectivity index (χ2v) is 36.0. The number of hydrogen-bond acceptors (Lipinski definition) is 2. The van der Waals surface area contributed by atoms with E-state index in [1.165, 1.54) is 0 Å². The molecule has 0 aliphatic heterocycles. The van der Waals surface area contributed by atoms with Gasteiger partial charge in [0.15, 0.2) is 0 Å². The van der Waals surface area contributed by atoms with Crippen LogP contribution in [0.3, 0.4) is 0 Å². The molecular formula is C12H36N2Si4Te. The van der Waals surface area contributed by atoms with Crippen LogP contribution in [0, 0.1) is 0 Å². The third-order valence-electron chi connectivity index (χ3n) is 2.60. The Balaban J connectivity index is 5.43. The molecule has 0 amide bonds. The molecule has 0 fully saturated rings. The van der Waals surface area contributed by atoms with Crippen LogP contribution in [0.1, 0.15) is 0 Å². The third-order valence-corrected chi connectivity index (χ3v) is 37.4. The van der Waals surface area contributed by atoms with Crippen molar-refractivity contribution in [1.29, 1.82) is 0 Å². The van der Waals surface area contributed by atoms with Crippen molar-refractivity contribution in [3.05, 3.63) is 0 Å². The molecule has 0 spiro atoms. The van der Waals surface area contributed by atoms with E-state index in [4.69, 9.17) is 0 Å². The molecule has 0 aliphatic rings. The molecule has 0 radical (unpaired) electrons. The van der Waals surface area contributed by atoms with Crippen LogP contribution < -0.4 is 0 Å². The van der Waals surface area contributed by atoms with Crippen LogP contribution in [0.4, 0.5) is 0 Å². The molecule has 7 heteroatoms. The van der Waals surface area contributed by atoms with E-state index < -0.39 is 32.9 Å². The fraction of sp³-hybridized carbons (Fsp3) is 1.00. The summed E-state index contributed by atoms with van der Waals surface area (Å²) >= 11 is -0.168. The van der Waals surface area contributed by atoms with Gasteiger partial charge >= 0.3 is 138 Å². The van der Waals surface area contributed by atoms with Crippen molar-refractivity contribution >= 4 is 54.4 Å². The van der Waals surface area contributed by atoms with Gasteiger partial charge in [0, 0.05) is 0 Å². The van der Waals surface area contributed by atoms with Crippen LogP contribution in [-0.2, 0) is 0 Å². The van der Waals surface area contributed by atoms with Gasteiger partial charge in [-0.05, 0) is 0 Å². The van der Waals surface area contributed by atoms with Gasteiger partial charge in [-0.25, -0.2) is 0 Å². The second-order valence-electron chi connectivity index (χ2n) is 9.35. The predicted molar refractivity (Wildman–Crippen MR) is 103 cm³/mol. The van der Waals surface area contributed by atoms with Gasteiger partial charge < -0.3 is 0 Å². The Bertz CT molecular complexity index is 239. The molecule has 0 aromatic carbocycles. The predicted octanol–water partition coefficient (Wildman–Crippen LogP) is 4.46. The zero-order chi connectivity index (χ0) is 15.9. The minimum atomic E-state index is -1.19. The maximum atomic E-state index is 3.07. The van der Waals surface area contributed by atoms with Crippen LogP contribution in [0.5, 0.6) is 0 Å². The van der Waals surface area contributed by atoms with Gasteiger partial charge in [0.1, 0.15) is 0 Å². The first kappa shape index (κ1) is 20.6. The molecule has 0 saturated heterocycles. The average molecular weight is 448 g/mol. The van der Waals surface area contributed by atoms with Crippen molar-refractivity contribution in [2.45, 2.75) is 78.6 Å². The van der Waals surface area contributed by atoms with Crippen molar-refractivity contribution in [3.63, 3.8) is 0 Å². The molecule has 116 valence electrons. The van der Waals surface area contributed by atoms with Gasteiger partial charge in [0.25, 0.3) is 0 Å².